The molecule has 0 unspecified atom stereocenters. The van der Waals surface area contributed by atoms with Crippen molar-refractivity contribution >= 4 is 0 Å². The fourth-order valence-electron chi connectivity index (χ4n) is 1.71. The molecule has 2 nitrogen and oxygen atoms in total. The smallest absolute Gasteiger partial charge is 0.0109 e. The summed E-state index contributed by atoms with van der Waals surface area (Å²) >= 11 is 0. The van der Waals surface area contributed by atoms with Gasteiger partial charge in [-0.15, -0.1) is 0 Å². The van der Waals surface area contributed by atoms with Crippen molar-refractivity contribution in [3.8, 4) is 0 Å². The van der Waals surface area contributed by atoms with Gasteiger partial charge in [0.2, 0.25) is 0 Å². The molecule has 0 spiro atoms. The molecule has 0 atom stereocenters. The summed E-state index contributed by atoms with van der Waals surface area (Å²) in [5.41, 5.74) is 8.67. The van der Waals surface area contributed by atoms with Crippen molar-refractivity contribution in [1.82, 2.24) is 5.32 Å². The lowest BCUT2D eigenvalue weighted by Crippen LogP contribution is -2.36. The van der Waals surface area contributed by atoms with Gasteiger partial charge in [0, 0.05) is 5.54 Å². The van der Waals surface area contributed by atoms with Gasteiger partial charge < -0.3 is 11.1 Å². The summed E-state index contributed by atoms with van der Waals surface area (Å²) in [6.07, 6.45) is 3.22. The van der Waals surface area contributed by atoms with Crippen LogP contribution in [0.4, 0.5) is 0 Å². The molecule has 0 aliphatic carbocycles. The molecule has 17 heavy (non-hydrogen) atoms. The fraction of sp³-hybridized carbons (Fsp3) is 0.600. The summed E-state index contributed by atoms with van der Waals surface area (Å²) in [6.45, 7) is 8.35. The van der Waals surface area contributed by atoms with Gasteiger partial charge in [0.1, 0.15) is 0 Å². The third-order valence-electron chi connectivity index (χ3n) is 2.97. The molecule has 0 fully saturated rings. The van der Waals surface area contributed by atoms with Crippen LogP contribution in [0.3, 0.4) is 0 Å². The zero-order valence-electron chi connectivity index (χ0n) is 11.4. The number of hydrogen-bond acceptors (Lipinski definition) is 2. The van der Waals surface area contributed by atoms with Crippen molar-refractivity contribution in [2.24, 2.45) is 5.73 Å². The number of nitrogens with two attached hydrogens (primary N) is 1. The van der Waals surface area contributed by atoms with E-state index < -0.39 is 0 Å². The number of rotatable bonds is 7. The van der Waals surface area contributed by atoms with Crippen molar-refractivity contribution in [2.45, 2.75) is 45.6 Å². The summed E-state index contributed by atoms with van der Waals surface area (Å²) in [6, 6.07) is 8.90. The Kier molecular flexibility index (Phi) is 5.66. The Hall–Kier alpha value is -0.860. The quantitative estimate of drug-likeness (QED) is 0.711. The molecule has 0 heterocycles. The lowest BCUT2D eigenvalue weighted by atomic mass is 10.0. The topological polar surface area (TPSA) is 38.0 Å². The van der Waals surface area contributed by atoms with Crippen LogP contribution in [0.15, 0.2) is 24.3 Å². The Balaban J connectivity index is 2.18. The Morgan fingerprint density at radius 1 is 1.06 bits per heavy atom. The minimum absolute atomic E-state index is 0.0597. The first kappa shape index (κ1) is 14.2. The van der Waals surface area contributed by atoms with Crippen molar-refractivity contribution in [3.05, 3.63) is 35.4 Å². The summed E-state index contributed by atoms with van der Waals surface area (Å²) in [5, 5.41) is 3.44. The maximum absolute atomic E-state index is 5.92. The Morgan fingerprint density at radius 2 is 1.65 bits per heavy atom. The summed E-state index contributed by atoms with van der Waals surface area (Å²) in [7, 11) is 0. The minimum atomic E-state index is -0.0597. The van der Waals surface area contributed by atoms with Gasteiger partial charge in [-0.1, -0.05) is 31.2 Å². The molecule has 96 valence electrons. The van der Waals surface area contributed by atoms with Gasteiger partial charge in [0.25, 0.3) is 0 Å². The summed E-state index contributed by atoms with van der Waals surface area (Å²) in [4.78, 5) is 0. The molecule has 0 radical (unpaired) electrons. The molecule has 1 rings (SSSR count). The number of hydrogen-bond donors (Lipinski definition) is 2. The van der Waals surface area contributed by atoms with Gasteiger partial charge in [-0.2, -0.15) is 0 Å². The van der Waals surface area contributed by atoms with E-state index >= 15 is 0 Å². The molecule has 2 heteroatoms. The van der Waals surface area contributed by atoms with Gasteiger partial charge in [-0.05, 0) is 57.3 Å². The van der Waals surface area contributed by atoms with Gasteiger partial charge in [-0.25, -0.2) is 0 Å². The lowest BCUT2D eigenvalue weighted by Gasteiger charge is -2.18. The first-order valence-corrected chi connectivity index (χ1v) is 6.58. The Bertz CT molecular complexity index is 309. The van der Waals surface area contributed by atoms with E-state index in [1.54, 1.807) is 0 Å². The van der Waals surface area contributed by atoms with Gasteiger partial charge in [0.15, 0.2) is 0 Å². The first-order chi connectivity index (χ1) is 8.01. The molecular formula is C15H26N2. The second kappa shape index (κ2) is 6.77. The molecule has 0 aromatic heterocycles. The maximum Gasteiger partial charge on any atom is 0.0109 e. The lowest BCUT2D eigenvalue weighted by molar-refractivity contribution is 0.456. The van der Waals surface area contributed by atoms with E-state index in [0.717, 1.165) is 32.4 Å². The number of benzene rings is 1. The Morgan fingerprint density at radius 3 is 2.18 bits per heavy atom. The third-order valence-corrected chi connectivity index (χ3v) is 2.97. The highest BCUT2D eigenvalue weighted by Crippen LogP contribution is 2.05. The number of aryl methyl sites for hydroxylation is 1. The molecule has 0 saturated carbocycles. The average molecular weight is 234 g/mol. The average Bonchev–Trinajstić information content (AvgIpc) is 2.28. The van der Waals surface area contributed by atoms with Crippen LogP contribution in [0.1, 0.15) is 38.3 Å². The van der Waals surface area contributed by atoms with Crippen LogP contribution in [-0.4, -0.2) is 18.6 Å². The SMILES string of the molecule is CCc1ccc(CCNCCC(C)(C)N)cc1. The van der Waals surface area contributed by atoms with Crippen molar-refractivity contribution in [2.75, 3.05) is 13.1 Å². The van der Waals surface area contributed by atoms with E-state index in [1.165, 1.54) is 11.1 Å². The van der Waals surface area contributed by atoms with E-state index in [9.17, 15) is 0 Å². The molecule has 3 N–H and O–H groups in total. The van der Waals surface area contributed by atoms with Crippen molar-refractivity contribution < 1.29 is 0 Å². The molecule has 0 aliphatic rings. The molecule has 0 aliphatic heterocycles. The fourth-order valence-corrected chi connectivity index (χ4v) is 1.71. The van der Waals surface area contributed by atoms with Gasteiger partial charge in [0.05, 0.1) is 0 Å². The molecule has 0 saturated heterocycles. The zero-order chi connectivity index (χ0) is 12.7. The summed E-state index contributed by atoms with van der Waals surface area (Å²) in [5.74, 6) is 0. The summed E-state index contributed by atoms with van der Waals surface area (Å²) < 4.78 is 0. The first-order valence-electron chi connectivity index (χ1n) is 6.58. The molecule has 1 aromatic carbocycles. The zero-order valence-corrected chi connectivity index (χ0v) is 11.4. The second-order valence-corrected chi connectivity index (χ2v) is 5.41. The van der Waals surface area contributed by atoms with Crippen LogP contribution in [0.2, 0.25) is 0 Å². The number of nitrogens with one attached hydrogen (secondary N) is 1. The van der Waals surface area contributed by atoms with Crippen LogP contribution in [-0.2, 0) is 12.8 Å². The van der Waals surface area contributed by atoms with Crippen molar-refractivity contribution in [3.63, 3.8) is 0 Å². The maximum atomic E-state index is 5.92. The van der Waals surface area contributed by atoms with E-state index in [0.29, 0.717) is 0 Å². The molecule has 0 bridgehead atoms. The molecule has 0 amide bonds. The van der Waals surface area contributed by atoms with Crippen LogP contribution in [0.5, 0.6) is 0 Å². The molecule has 1 aromatic rings. The highest BCUT2D eigenvalue weighted by molar-refractivity contribution is 5.22. The largest absolute Gasteiger partial charge is 0.326 e. The van der Waals surface area contributed by atoms with Crippen LogP contribution in [0.25, 0.3) is 0 Å². The van der Waals surface area contributed by atoms with E-state index in [4.69, 9.17) is 5.73 Å². The van der Waals surface area contributed by atoms with E-state index in [-0.39, 0.29) is 5.54 Å². The van der Waals surface area contributed by atoms with E-state index in [2.05, 4.69) is 50.4 Å². The minimum Gasteiger partial charge on any atom is -0.326 e. The van der Waals surface area contributed by atoms with Crippen LogP contribution >= 0.6 is 0 Å². The van der Waals surface area contributed by atoms with E-state index in [1.807, 2.05) is 0 Å². The predicted octanol–water partition coefficient (Wildman–Crippen LogP) is 2.51. The highest BCUT2D eigenvalue weighted by atomic mass is 14.9. The van der Waals surface area contributed by atoms with Gasteiger partial charge >= 0.3 is 0 Å². The monoisotopic (exact) mass is 234 g/mol. The van der Waals surface area contributed by atoms with Crippen LogP contribution in [0, 0.1) is 0 Å². The van der Waals surface area contributed by atoms with Crippen LogP contribution < -0.4 is 11.1 Å². The van der Waals surface area contributed by atoms with Crippen molar-refractivity contribution in [1.29, 1.82) is 0 Å². The second-order valence-electron chi connectivity index (χ2n) is 5.41. The third kappa shape index (κ3) is 6.44. The predicted molar refractivity (Wildman–Crippen MR) is 75.3 cm³/mol. The van der Waals surface area contributed by atoms with Gasteiger partial charge in [-0.3, -0.25) is 0 Å². The highest BCUT2D eigenvalue weighted by Gasteiger charge is 2.08. The standard InChI is InChI=1S/C15H26N2/c1-4-13-5-7-14(8-6-13)9-11-17-12-10-15(2,3)16/h5-8,17H,4,9-12,16H2,1-3H3. The molecular weight excluding hydrogens is 208 g/mol. The normalized spacial score (nSPS) is 11.8. The Labute approximate surface area is 106 Å².